The Hall–Kier alpha value is -1.92. The highest BCUT2D eigenvalue weighted by Crippen LogP contribution is 2.34. The van der Waals surface area contributed by atoms with Crippen molar-refractivity contribution in [2.24, 2.45) is 0 Å². The van der Waals surface area contributed by atoms with Gasteiger partial charge >= 0.3 is 0 Å². The quantitative estimate of drug-likeness (QED) is 0.795. The molecule has 3 N–H and O–H groups in total. The van der Waals surface area contributed by atoms with E-state index in [-0.39, 0.29) is 13.0 Å². The molecule has 1 fully saturated rings. The van der Waals surface area contributed by atoms with Gasteiger partial charge in [0.1, 0.15) is 23.7 Å². The average molecular weight is 344 g/mol. The molecule has 0 spiro atoms. The van der Waals surface area contributed by atoms with Gasteiger partial charge in [-0.3, -0.25) is 0 Å². The normalized spacial score (nSPS) is 26.4. The van der Waals surface area contributed by atoms with Crippen LogP contribution < -0.4 is 4.74 Å². The molecule has 0 amide bonds. The molecule has 1 aliphatic heterocycles. The molecule has 1 aliphatic rings. The molecule has 0 bridgehead atoms. The molecule has 0 aromatic heterocycles. The first-order valence-electron chi connectivity index (χ1n) is 8.45. The van der Waals surface area contributed by atoms with E-state index in [0.29, 0.717) is 11.3 Å². The van der Waals surface area contributed by atoms with Crippen LogP contribution in [0.1, 0.15) is 29.2 Å². The van der Waals surface area contributed by atoms with Gasteiger partial charge < -0.3 is 24.8 Å². The average Bonchev–Trinajstić information content (AvgIpc) is 2.56. The van der Waals surface area contributed by atoms with Crippen LogP contribution in [0.3, 0.4) is 0 Å². The van der Waals surface area contributed by atoms with E-state index in [1.165, 1.54) is 0 Å². The lowest BCUT2D eigenvalue weighted by molar-refractivity contribution is -0.179. The van der Waals surface area contributed by atoms with Gasteiger partial charge in [0.05, 0.1) is 18.8 Å². The molecule has 0 saturated carbocycles. The van der Waals surface area contributed by atoms with Crippen molar-refractivity contribution >= 4 is 0 Å². The van der Waals surface area contributed by atoms with Gasteiger partial charge in [-0.15, -0.1) is 0 Å². The van der Waals surface area contributed by atoms with Crippen LogP contribution in [0.5, 0.6) is 11.5 Å². The van der Waals surface area contributed by atoms with Gasteiger partial charge in [0.25, 0.3) is 0 Å². The van der Waals surface area contributed by atoms with Crippen molar-refractivity contribution in [1.82, 2.24) is 0 Å². The van der Waals surface area contributed by atoms with Gasteiger partial charge in [0.2, 0.25) is 0 Å². The molecule has 134 valence electrons. The largest absolute Gasteiger partial charge is 0.457 e. The van der Waals surface area contributed by atoms with E-state index in [2.05, 4.69) is 6.07 Å². The molecule has 5 nitrogen and oxygen atoms in total. The summed E-state index contributed by atoms with van der Waals surface area (Å²) >= 11 is 0. The zero-order valence-corrected chi connectivity index (χ0v) is 14.4. The van der Waals surface area contributed by atoms with Crippen LogP contribution in [0.15, 0.2) is 42.5 Å². The summed E-state index contributed by atoms with van der Waals surface area (Å²) < 4.78 is 11.7. The molecule has 1 saturated heterocycles. The van der Waals surface area contributed by atoms with E-state index in [1.54, 1.807) is 6.07 Å². The number of aryl methyl sites for hydroxylation is 2. The van der Waals surface area contributed by atoms with Crippen molar-refractivity contribution in [1.29, 1.82) is 0 Å². The van der Waals surface area contributed by atoms with Crippen molar-refractivity contribution in [3.05, 3.63) is 59.2 Å². The molecule has 2 aromatic carbocycles. The number of ether oxygens (including phenoxy) is 2. The van der Waals surface area contributed by atoms with Gasteiger partial charge in [-0.2, -0.15) is 0 Å². The number of benzene rings is 2. The SMILES string of the molecule is Cc1cc(C)cc(Oc2cccc(C3OC(CO)CC(O)C3O)c2)c1. The first-order valence-corrected chi connectivity index (χ1v) is 8.45. The number of hydrogen-bond donors (Lipinski definition) is 3. The van der Waals surface area contributed by atoms with E-state index < -0.39 is 24.4 Å². The van der Waals surface area contributed by atoms with E-state index in [1.807, 2.05) is 44.2 Å². The van der Waals surface area contributed by atoms with Crippen LogP contribution in [0.2, 0.25) is 0 Å². The fourth-order valence-electron chi connectivity index (χ4n) is 3.23. The molecule has 0 aliphatic carbocycles. The van der Waals surface area contributed by atoms with Crippen LogP contribution in [-0.4, -0.2) is 40.2 Å². The Morgan fingerprint density at radius 2 is 1.76 bits per heavy atom. The standard InChI is InChI=1S/C20H24O5/c1-12-6-13(2)8-16(7-12)24-15-5-3-4-14(9-15)20-19(23)18(22)10-17(11-21)25-20/h3-9,17-23H,10-11H2,1-2H3. The highest BCUT2D eigenvalue weighted by Gasteiger charge is 2.37. The number of aliphatic hydroxyl groups excluding tert-OH is 3. The van der Waals surface area contributed by atoms with Crippen molar-refractivity contribution in [2.45, 2.75) is 44.7 Å². The summed E-state index contributed by atoms with van der Waals surface area (Å²) in [4.78, 5) is 0. The molecule has 4 unspecified atom stereocenters. The minimum absolute atomic E-state index is 0.195. The Balaban J connectivity index is 1.83. The summed E-state index contributed by atoms with van der Waals surface area (Å²) in [5.41, 5.74) is 2.93. The van der Waals surface area contributed by atoms with Crippen molar-refractivity contribution in [3.8, 4) is 11.5 Å². The molecule has 5 heteroatoms. The van der Waals surface area contributed by atoms with Gasteiger partial charge in [0, 0.05) is 6.42 Å². The summed E-state index contributed by atoms with van der Waals surface area (Å²) in [6.07, 6.45) is -2.96. The van der Waals surface area contributed by atoms with E-state index in [4.69, 9.17) is 9.47 Å². The molecule has 0 radical (unpaired) electrons. The lowest BCUT2D eigenvalue weighted by atomic mass is 9.93. The fourth-order valence-corrected chi connectivity index (χ4v) is 3.23. The topological polar surface area (TPSA) is 79.2 Å². The van der Waals surface area contributed by atoms with Gasteiger partial charge in [-0.05, 0) is 54.8 Å². The summed E-state index contributed by atoms with van der Waals surface area (Å²) in [7, 11) is 0. The molecule has 3 rings (SSSR count). The number of aliphatic hydroxyl groups is 3. The summed E-state index contributed by atoms with van der Waals surface area (Å²) in [5.74, 6) is 1.37. The highest BCUT2D eigenvalue weighted by molar-refractivity contribution is 5.38. The maximum atomic E-state index is 10.3. The van der Waals surface area contributed by atoms with E-state index in [9.17, 15) is 15.3 Å². The maximum Gasteiger partial charge on any atom is 0.127 e. The van der Waals surface area contributed by atoms with Crippen LogP contribution in [0.25, 0.3) is 0 Å². The van der Waals surface area contributed by atoms with Gasteiger partial charge in [-0.1, -0.05) is 18.2 Å². The predicted molar refractivity (Wildman–Crippen MR) is 93.8 cm³/mol. The van der Waals surface area contributed by atoms with Crippen LogP contribution in [0, 0.1) is 13.8 Å². The van der Waals surface area contributed by atoms with E-state index in [0.717, 1.165) is 16.9 Å². The zero-order valence-electron chi connectivity index (χ0n) is 14.4. The Bertz CT molecular complexity index is 710. The number of hydrogen-bond acceptors (Lipinski definition) is 5. The molecule has 2 aromatic rings. The first-order chi connectivity index (χ1) is 12.0. The lowest BCUT2D eigenvalue weighted by Crippen LogP contribution is -2.44. The van der Waals surface area contributed by atoms with Crippen molar-refractivity contribution < 1.29 is 24.8 Å². The second kappa shape index (κ2) is 7.54. The minimum atomic E-state index is -1.04. The predicted octanol–water partition coefficient (Wildman–Crippen LogP) is 2.64. The van der Waals surface area contributed by atoms with Crippen molar-refractivity contribution in [3.63, 3.8) is 0 Å². The summed E-state index contributed by atoms with van der Waals surface area (Å²) in [6.45, 7) is 3.83. The monoisotopic (exact) mass is 344 g/mol. The minimum Gasteiger partial charge on any atom is -0.457 e. The second-order valence-corrected chi connectivity index (χ2v) is 6.65. The molecule has 4 atom stereocenters. The highest BCUT2D eigenvalue weighted by atomic mass is 16.5. The zero-order chi connectivity index (χ0) is 18.0. The maximum absolute atomic E-state index is 10.3. The smallest absolute Gasteiger partial charge is 0.127 e. The van der Waals surface area contributed by atoms with Gasteiger partial charge in [-0.25, -0.2) is 0 Å². The fraction of sp³-hybridized carbons (Fsp3) is 0.400. The first kappa shape index (κ1) is 17.9. The Morgan fingerprint density at radius 1 is 1.04 bits per heavy atom. The lowest BCUT2D eigenvalue weighted by Gasteiger charge is -2.36. The number of rotatable bonds is 4. The van der Waals surface area contributed by atoms with Crippen LogP contribution >= 0.6 is 0 Å². The summed E-state index contributed by atoms with van der Waals surface area (Å²) in [5, 5.41) is 29.6. The third-order valence-electron chi connectivity index (χ3n) is 4.37. The van der Waals surface area contributed by atoms with Crippen molar-refractivity contribution in [2.75, 3.05) is 6.61 Å². The third-order valence-corrected chi connectivity index (χ3v) is 4.37. The van der Waals surface area contributed by atoms with Gasteiger partial charge in [0.15, 0.2) is 0 Å². The van der Waals surface area contributed by atoms with E-state index >= 15 is 0 Å². The molecule has 1 heterocycles. The Morgan fingerprint density at radius 3 is 2.44 bits per heavy atom. The molecular weight excluding hydrogens is 320 g/mol. The summed E-state index contributed by atoms with van der Waals surface area (Å²) in [6, 6.07) is 13.2. The molecular formula is C20H24O5. The van der Waals surface area contributed by atoms with Crippen LogP contribution in [-0.2, 0) is 4.74 Å². The Labute approximate surface area is 147 Å². The third kappa shape index (κ3) is 4.19. The Kier molecular flexibility index (Phi) is 5.39. The molecule has 25 heavy (non-hydrogen) atoms. The van der Waals surface area contributed by atoms with Crippen LogP contribution in [0.4, 0.5) is 0 Å². The second-order valence-electron chi connectivity index (χ2n) is 6.65.